The van der Waals surface area contributed by atoms with Crippen LogP contribution in [-0.4, -0.2) is 10.9 Å². The van der Waals surface area contributed by atoms with E-state index in [2.05, 4.69) is 26.2 Å². The molecule has 0 unspecified atom stereocenters. The summed E-state index contributed by atoms with van der Waals surface area (Å²) in [5.74, 6) is -0.727. The first-order valence-electron chi connectivity index (χ1n) is 5.25. The number of pyridine rings is 1. The molecular formula is C13H10BrFN2O. The number of carbonyl (C=O) groups is 1. The minimum atomic E-state index is -0.415. The lowest BCUT2D eigenvalue weighted by atomic mass is 10.2. The van der Waals surface area contributed by atoms with E-state index < -0.39 is 5.82 Å². The number of nitrogens with zero attached hydrogens (tertiary/aromatic N) is 1. The number of nitrogens with one attached hydrogen (secondary N) is 1. The zero-order valence-electron chi connectivity index (χ0n) is 9.58. The highest BCUT2D eigenvalue weighted by atomic mass is 79.9. The van der Waals surface area contributed by atoms with Crippen LogP contribution in [-0.2, 0) is 0 Å². The van der Waals surface area contributed by atoms with Crippen molar-refractivity contribution in [3.8, 4) is 0 Å². The number of halogens is 2. The maximum atomic E-state index is 13.4. The van der Waals surface area contributed by atoms with E-state index in [0.717, 1.165) is 5.56 Å². The Bertz CT molecular complexity index is 587. The summed E-state index contributed by atoms with van der Waals surface area (Å²) in [4.78, 5) is 15.7. The number of hydrogen-bond donors (Lipinski definition) is 1. The minimum absolute atomic E-state index is 0.312. The average molecular weight is 309 g/mol. The van der Waals surface area contributed by atoms with Crippen molar-refractivity contribution in [1.29, 1.82) is 0 Å². The SMILES string of the molecule is Cc1cc(Br)c(F)cc1NC(=O)c1cccnc1. The second-order valence-corrected chi connectivity index (χ2v) is 4.63. The monoisotopic (exact) mass is 308 g/mol. The van der Waals surface area contributed by atoms with Crippen LogP contribution < -0.4 is 5.32 Å². The molecule has 0 aliphatic heterocycles. The van der Waals surface area contributed by atoms with Crippen molar-refractivity contribution in [2.75, 3.05) is 5.32 Å². The second kappa shape index (κ2) is 5.27. The Morgan fingerprint density at radius 3 is 2.89 bits per heavy atom. The van der Waals surface area contributed by atoms with Crippen molar-refractivity contribution in [3.63, 3.8) is 0 Å². The van der Waals surface area contributed by atoms with E-state index in [1.165, 1.54) is 12.3 Å². The average Bonchev–Trinajstić information content (AvgIpc) is 2.37. The zero-order chi connectivity index (χ0) is 13.1. The summed E-state index contributed by atoms with van der Waals surface area (Å²) in [6.45, 7) is 1.79. The van der Waals surface area contributed by atoms with Crippen molar-refractivity contribution in [1.82, 2.24) is 4.98 Å². The molecule has 92 valence electrons. The summed E-state index contributed by atoms with van der Waals surface area (Å²) in [7, 11) is 0. The molecule has 0 fully saturated rings. The molecule has 0 aliphatic rings. The van der Waals surface area contributed by atoms with Gasteiger partial charge in [-0.2, -0.15) is 0 Å². The van der Waals surface area contributed by atoms with Gasteiger partial charge >= 0.3 is 0 Å². The van der Waals surface area contributed by atoms with Crippen molar-refractivity contribution < 1.29 is 9.18 Å². The highest BCUT2D eigenvalue weighted by Crippen LogP contribution is 2.24. The standard InChI is InChI=1S/C13H10BrFN2O/c1-8-5-10(14)11(15)6-12(8)17-13(18)9-3-2-4-16-7-9/h2-7H,1H3,(H,17,18). The number of rotatable bonds is 2. The Labute approximate surface area is 112 Å². The van der Waals surface area contributed by atoms with Gasteiger partial charge in [0, 0.05) is 18.1 Å². The fraction of sp³-hybridized carbons (Fsp3) is 0.0769. The van der Waals surface area contributed by atoms with Crippen molar-refractivity contribution >= 4 is 27.5 Å². The number of amides is 1. The van der Waals surface area contributed by atoms with Gasteiger partial charge in [0.15, 0.2) is 0 Å². The smallest absolute Gasteiger partial charge is 0.257 e. The summed E-state index contributed by atoms with van der Waals surface area (Å²) in [5, 5.41) is 2.65. The quantitative estimate of drug-likeness (QED) is 0.922. The first kappa shape index (κ1) is 12.7. The fourth-order valence-electron chi connectivity index (χ4n) is 1.47. The number of aryl methyl sites for hydroxylation is 1. The van der Waals surface area contributed by atoms with Gasteiger partial charge in [-0.25, -0.2) is 4.39 Å². The molecule has 0 atom stereocenters. The fourth-order valence-corrected chi connectivity index (χ4v) is 1.93. The Hall–Kier alpha value is -1.75. The highest BCUT2D eigenvalue weighted by Gasteiger charge is 2.10. The molecule has 2 aromatic rings. The third-order valence-electron chi connectivity index (χ3n) is 2.44. The normalized spacial score (nSPS) is 10.2. The molecule has 0 radical (unpaired) electrons. The largest absolute Gasteiger partial charge is 0.322 e. The molecule has 18 heavy (non-hydrogen) atoms. The van der Waals surface area contributed by atoms with Gasteiger partial charge in [0.2, 0.25) is 0 Å². The van der Waals surface area contributed by atoms with Crippen molar-refractivity contribution in [2.24, 2.45) is 0 Å². The van der Waals surface area contributed by atoms with Gasteiger partial charge < -0.3 is 5.32 Å². The predicted molar refractivity (Wildman–Crippen MR) is 71.0 cm³/mol. The zero-order valence-corrected chi connectivity index (χ0v) is 11.2. The van der Waals surface area contributed by atoms with E-state index >= 15 is 0 Å². The number of anilines is 1. The van der Waals surface area contributed by atoms with Gasteiger partial charge in [-0.05, 0) is 52.7 Å². The molecule has 2 rings (SSSR count). The molecule has 0 bridgehead atoms. The number of aromatic nitrogens is 1. The first-order valence-corrected chi connectivity index (χ1v) is 6.04. The van der Waals surface area contributed by atoms with Gasteiger partial charge in [-0.3, -0.25) is 9.78 Å². The summed E-state index contributed by atoms with van der Waals surface area (Å²) in [6, 6.07) is 6.22. The number of benzene rings is 1. The molecule has 0 aliphatic carbocycles. The van der Waals surface area contributed by atoms with E-state index in [4.69, 9.17) is 0 Å². The topological polar surface area (TPSA) is 42.0 Å². The van der Waals surface area contributed by atoms with Crippen LogP contribution in [0.5, 0.6) is 0 Å². The number of carbonyl (C=O) groups excluding carboxylic acids is 1. The first-order chi connectivity index (χ1) is 8.58. The summed E-state index contributed by atoms with van der Waals surface area (Å²) < 4.78 is 13.8. The molecule has 1 aromatic heterocycles. The molecule has 1 amide bonds. The Kier molecular flexibility index (Phi) is 3.72. The van der Waals surface area contributed by atoms with Gasteiger partial charge in [0.05, 0.1) is 10.0 Å². The lowest BCUT2D eigenvalue weighted by molar-refractivity contribution is 0.102. The summed E-state index contributed by atoms with van der Waals surface area (Å²) in [5.41, 5.74) is 1.66. The Morgan fingerprint density at radius 1 is 1.44 bits per heavy atom. The van der Waals surface area contributed by atoms with Crippen molar-refractivity contribution in [3.05, 3.63) is 58.1 Å². The molecule has 0 spiro atoms. The maximum Gasteiger partial charge on any atom is 0.257 e. The third-order valence-corrected chi connectivity index (χ3v) is 3.05. The molecular weight excluding hydrogens is 299 g/mol. The van der Waals surface area contributed by atoms with E-state index in [-0.39, 0.29) is 5.91 Å². The summed E-state index contributed by atoms with van der Waals surface area (Å²) in [6.07, 6.45) is 3.04. The third kappa shape index (κ3) is 2.73. The molecule has 1 aromatic carbocycles. The van der Waals surface area contributed by atoms with Crippen LogP contribution >= 0.6 is 15.9 Å². The Balaban J connectivity index is 2.25. The highest BCUT2D eigenvalue weighted by molar-refractivity contribution is 9.10. The second-order valence-electron chi connectivity index (χ2n) is 3.78. The molecule has 3 nitrogen and oxygen atoms in total. The molecule has 1 heterocycles. The maximum absolute atomic E-state index is 13.4. The summed E-state index contributed by atoms with van der Waals surface area (Å²) >= 11 is 3.09. The molecule has 1 N–H and O–H groups in total. The van der Waals surface area contributed by atoms with Crippen LogP contribution in [0.4, 0.5) is 10.1 Å². The van der Waals surface area contributed by atoms with Crippen LogP contribution in [0.3, 0.4) is 0 Å². The van der Waals surface area contributed by atoms with E-state index in [9.17, 15) is 9.18 Å². The minimum Gasteiger partial charge on any atom is -0.322 e. The van der Waals surface area contributed by atoms with Gasteiger partial charge in [-0.1, -0.05) is 0 Å². The van der Waals surface area contributed by atoms with Gasteiger partial charge in [0.1, 0.15) is 5.82 Å². The Morgan fingerprint density at radius 2 is 2.22 bits per heavy atom. The molecule has 5 heteroatoms. The molecule has 0 saturated carbocycles. The lowest BCUT2D eigenvalue weighted by Crippen LogP contribution is -2.13. The van der Waals surface area contributed by atoms with Crippen LogP contribution in [0.25, 0.3) is 0 Å². The van der Waals surface area contributed by atoms with Crippen LogP contribution in [0, 0.1) is 12.7 Å². The molecule has 0 saturated heterocycles. The number of hydrogen-bond acceptors (Lipinski definition) is 2. The predicted octanol–water partition coefficient (Wildman–Crippen LogP) is 3.54. The van der Waals surface area contributed by atoms with Gasteiger partial charge in [-0.15, -0.1) is 0 Å². The van der Waals surface area contributed by atoms with Crippen LogP contribution in [0.1, 0.15) is 15.9 Å². The van der Waals surface area contributed by atoms with E-state index in [1.807, 2.05) is 0 Å². The van der Waals surface area contributed by atoms with E-state index in [1.54, 1.807) is 31.3 Å². The van der Waals surface area contributed by atoms with Gasteiger partial charge in [0.25, 0.3) is 5.91 Å². The lowest BCUT2D eigenvalue weighted by Gasteiger charge is -2.09. The van der Waals surface area contributed by atoms with E-state index in [0.29, 0.717) is 15.7 Å². The van der Waals surface area contributed by atoms with Crippen LogP contribution in [0.2, 0.25) is 0 Å². The van der Waals surface area contributed by atoms with Crippen LogP contribution in [0.15, 0.2) is 41.1 Å². The van der Waals surface area contributed by atoms with Crippen molar-refractivity contribution in [2.45, 2.75) is 6.92 Å².